The Bertz CT molecular complexity index is 302. The van der Waals surface area contributed by atoms with Crippen LogP contribution in [0.4, 0.5) is 0 Å². The quantitative estimate of drug-likeness (QED) is 0.402. The molecule has 0 saturated carbocycles. The Morgan fingerprint density at radius 3 is 2.22 bits per heavy atom. The zero-order chi connectivity index (χ0) is 14.1. The predicted molar refractivity (Wildman–Crippen MR) is 62.7 cm³/mol. The van der Waals surface area contributed by atoms with Crippen LogP contribution in [0.15, 0.2) is 0 Å². The van der Waals surface area contributed by atoms with Gasteiger partial charge in [0.05, 0.1) is 0 Å². The van der Waals surface area contributed by atoms with Gasteiger partial charge >= 0.3 is 11.9 Å². The second-order valence-electron chi connectivity index (χ2n) is 3.94. The van der Waals surface area contributed by atoms with Gasteiger partial charge in [0.25, 0.3) is 0 Å². The van der Waals surface area contributed by atoms with Gasteiger partial charge in [-0.05, 0) is 25.8 Å². The smallest absolute Gasteiger partial charge is 0.320 e. The number of carbonyl (C=O) groups excluding carboxylic acids is 1. The molecule has 2 unspecified atom stereocenters. The molecule has 1 heterocycles. The van der Waals surface area contributed by atoms with E-state index in [0.717, 1.165) is 19.4 Å². The summed E-state index contributed by atoms with van der Waals surface area (Å²) in [4.78, 5) is 30.3. The highest BCUT2D eigenvalue weighted by atomic mass is 16.4. The monoisotopic (exact) mass is 261 g/mol. The molecule has 0 spiro atoms. The van der Waals surface area contributed by atoms with Crippen molar-refractivity contribution in [2.24, 2.45) is 11.5 Å². The molecule has 1 saturated heterocycles. The van der Waals surface area contributed by atoms with Crippen LogP contribution in [0.3, 0.4) is 0 Å². The van der Waals surface area contributed by atoms with Gasteiger partial charge in [0, 0.05) is 6.42 Å². The largest absolute Gasteiger partial charge is 0.480 e. The number of carbonyl (C=O) groups is 3. The lowest BCUT2D eigenvalue weighted by molar-refractivity contribution is -0.139. The van der Waals surface area contributed by atoms with Crippen molar-refractivity contribution in [3.63, 3.8) is 0 Å². The third-order valence-electron chi connectivity index (χ3n) is 2.38. The molecule has 8 heteroatoms. The molecule has 0 bridgehead atoms. The molecular weight excluding hydrogens is 242 g/mol. The Morgan fingerprint density at radius 1 is 1.33 bits per heavy atom. The van der Waals surface area contributed by atoms with Crippen LogP contribution in [-0.4, -0.2) is 46.7 Å². The molecule has 104 valence electrons. The number of nitrogens with one attached hydrogen (secondary N) is 1. The van der Waals surface area contributed by atoms with Crippen molar-refractivity contribution >= 4 is 17.8 Å². The van der Waals surface area contributed by atoms with Crippen molar-refractivity contribution in [1.29, 1.82) is 0 Å². The van der Waals surface area contributed by atoms with Crippen LogP contribution in [-0.2, 0) is 14.4 Å². The second-order valence-corrected chi connectivity index (χ2v) is 3.94. The maximum atomic E-state index is 10.1. The normalized spacial score (nSPS) is 19.5. The van der Waals surface area contributed by atoms with Crippen molar-refractivity contribution in [1.82, 2.24) is 5.32 Å². The lowest BCUT2D eigenvalue weighted by Gasteiger charge is -2.01. The fraction of sp³-hybridized carbons (Fsp3) is 0.700. The van der Waals surface area contributed by atoms with Crippen molar-refractivity contribution in [3.05, 3.63) is 0 Å². The number of hydrogen-bond donors (Lipinski definition) is 5. The Balaban J connectivity index is 0.000000327. The molecule has 0 aromatic rings. The first-order valence-corrected chi connectivity index (χ1v) is 5.57. The van der Waals surface area contributed by atoms with Crippen LogP contribution in [0, 0.1) is 0 Å². The molecule has 1 amide bonds. The SMILES string of the molecule is NC(=O)CCC(N)C(=O)O.O=C(O)C1CCCN1. The molecule has 1 aliphatic rings. The van der Waals surface area contributed by atoms with E-state index in [1.165, 1.54) is 0 Å². The van der Waals surface area contributed by atoms with Gasteiger partial charge in [-0.25, -0.2) is 0 Å². The van der Waals surface area contributed by atoms with E-state index in [2.05, 4.69) is 5.32 Å². The first kappa shape index (κ1) is 16.3. The van der Waals surface area contributed by atoms with Crippen molar-refractivity contribution in [2.75, 3.05) is 6.54 Å². The van der Waals surface area contributed by atoms with Crippen LogP contribution in [0.25, 0.3) is 0 Å². The Morgan fingerprint density at radius 2 is 1.94 bits per heavy atom. The van der Waals surface area contributed by atoms with E-state index >= 15 is 0 Å². The summed E-state index contributed by atoms with van der Waals surface area (Å²) in [6.07, 6.45) is 1.91. The maximum Gasteiger partial charge on any atom is 0.320 e. The maximum absolute atomic E-state index is 10.1. The van der Waals surface area contributed by atoms with Gasteiger partial charge in [0.2, 0.25) is 5.91 Å². The van der Waals surface area contributed by atoms with E-state index in [1.54, 1.807) is 0 Å². The lowest BCUT2D eigenvalue weighted by atomic mass is 10.2. The average molecular weight is 261 g/mol. The molecule has 1 aliphatic heterocycles. The van der Waals surface area contributed by atoms with Crippen LogP contribution >= 0.6 is 0 Å². The highest BCUT2D eigenvalue weighted by molar-refractivity contribution is 5.77. The Kier molecular flexibility index (Phi) is 7.64. The summed E-state index contributed by atoms with van der Waals surface area (Å²) >= 11 is 0. The minimum absolute atomic E-state index is 0.0213. The zero-order valence-corrected chi connectivity index (χ0v) is 9.96. The van der Waals surface area contributed by atoms with Crippen LogP contribution in [0.5, 0.6) is 0 Å². The number of carboxylic acids is 2. The molecule has 8 nitrogen and oxygen atoms in total. The molecule has 0 aromatic heterocycles. The molecule has 18 heavy (non-hydrogen) atoms. The number of rotatable bonds is 5. The molecule has 0 aromatic carbocycles. The van der Waals surface area contributed by atoms with Crippen molar-refractivity contribution in [2.45, 2.75) is 37.8 Å². The van der Waals surface area contributed by atoms with E-state index < -0.39 is 23.9 Å². The van der Waals surface area contributed by atoms with E-state index in [-0.39, 0.29) is 18.9 Å². The molecule has 1 fully saturated rings. The van der Waals surface area contributed by atoms with Gasteiger partial charge in [-0.15, -0.1) is 0 Å². The van der Waals surface area contributed by atoms with E-state index in [9.17, 15) is 14.4 Å². The van der Waals surface area contributed by atoms with E-state index in [1.807, 2.05) is 0 Å². The fourth-order valence-electron chi connectivity index (χ4n) is 1.32. The highest BCUT2D eigenvalue weighted by Gasteiger charge is 2.20. The number of carboxylic acid groups (broad SMARTS) is 2. The van der Waals surface area contributed by atoms with Gasteiger partial charge in [-0.1, -0.05) is 0 Å². The van der Waals surface area contributed by atoms with Gasteiger partial charge in [0.15, 0.2) is 0 Å². The minimum Gasteiger partial charge on any atom is -0.480 e. The Labute approximate surface area is 104 Å². The minimum atomic E-state index is -1.11. The second kappa shape index (κ2) is 8.43. The van der Waals surface area contributed by atoms with E-state index in [0.29, 0.717) is 0 Å². The van der Waals surface area contributed by atoms with Crippen LogP contribution in [0.2, 0.25) is 0 Å². The summed E-state index contributed by atoms with van der Waals surface area (Å²) in [7, 11) is 0. The molecule has 0 aliphatic carbocycles. The molecule has 7 N–H and O–H groups in total. The van der Waals surface area contributed by atoms with Gasteiger partial charge in [-0.3, -0.25) is 14.4 Å². The molecular formula is C10H19N3O5. The van der Waals surface area contributed by atoms with Gasteiger partial charge in [-0.2, -0.15) is 0 Å². The number of nitrogens with two attached hydrogens (primary N) is 2. The first-order valence-electron chi connectivity index (χ1n) is 5.57. The van der Waals surface area contributed by atoms with Crippen molar-refractivity contribution in [3.8, 4) is 0 Å². The summed E-state index contributed by atoms with van der Waals surface area (Å²) < 4.78 is 0. The van der Waals surface area contributed by atoms with E-state index in [4.69, 9.17) is 21.7 Å². The van der Waals surface area contributed by atoms with Gasteiger partial charge in [0.1, 0.15) is 12.1 Å². The van der Waals surface area contributed by atoms with Gasteiger partial charge < -0.3 is 27.0 Å². The summed E-state index contributed by atoms with van der Waals surface area (Å²) in [5, 5.41) is 19.4. The summed E-state index contributed by atoms with van der Waals surface area (Å²) in [5.74, 6) is -2.36. The predicted octanol–water partition coefficient (Wildman–Crippen LogP) is -1.51. The zero-order valence-electron chi connectivity index (χ0n) is 9.96. The standard InChI is InChI=1S/C5H10N2O3.C5H9NO2/c6-3(5(9)10)1-2-4(7)8;7-5(8)4-2-1-3-6-4/h3H,1-2,6H2,(H2,7,8)(H,9,10);4,6H,1-3H2,(H,7,8). The fourth-order valence-corrected chi connectivity index (χ4v) is 1.32. The summed E-state index contributed by atoms with van der Waals surface area (Å²) in [5.41, 5.74) is 9.81. The number of aliphatic carboxylic acids is 2. The van der Waals surface area contributed by atoms with Crippen LogP contribution in [0.1, 0.15) is 25.7 Å². The summed E-state index contributed by atoms with van der Waals surface area (Å²) in [6.45, 7) is 0.858. The topological polar surface area (TPSA) is 156 Å². The molecule has 1 rings (SSSR count). The number of amides is 1. The number of primary amides is 1. The summed E-state index contributed by atoms with van der Waals surface area (Å²) in [6, 6.07) is -1.25. The highest BCUT2D eigenvalue weighted by Crippen LogP contribution is 2.03. The Hall–Kier alpha value is -1.67. The molecule has 2 atom stereocenters. The number of hydrogen-bond acceptors (Lipinski definition) is 5. The van der Waals surface area contributed by atoms with Crippen molar-refractivity contribution < 1.29 is 24.6 Å². The third-order valence-corrected chi connectivity index (χ3v) is 2.38. The first-order chi connectivity index (χ1) is 8.34. The molecule has 0 radical (unpaired) electrons. The third kappa shape index (κ3) is 7.58. The van der Waals surface area contributed by atoms with Crippen LogP contribution < -0.4 is 16.8 Å². The lowest BCUT2D eigenvalue weighted by Crippen LogP contribution is -2.31. The average Bonchev–Trinajstić information content (AvgIpc) is 2.79.